The minimum absolute atomic E-state index is 0.672. The van der Waals surface area contributed by atoms with Gasteiger partial charge in [0.25, 0.3) is 0 Å². The van der Waals surface area contributed by atoms with Gasteiger partial charge in [-0.15, -0.1) is 27.8 Å². The normalized spacial score (nSPS) is 11.0. The number of thiophene rings is 1. The molecule has 3 aromatic heterocycles. The first-order valence-corrected chi connectivity index (χ1v) is 9.59. The van der Waals surface area contributed by atoms with Crippen molar-refractivity contribution in [2.75, 3.05) is 0 Å². The van der Waals surface area contributed by atoms with Crippen LogP contribution in [0.5, 0.6) is 0 Å². The van der Waals surface area contributed by atoms with Crippen LogP contribution in [0.1, 0.15) is 0 Å². The van der Waals surface area contributed by atoms with E-state index in [-0.39, 0.29) is 0 Å². The average molecular weight is 377 g/mol. The van der Waals surface area contributed by atoms with Crippen molar-refractivity contribution < 1.29 is 0 Å². The van der Waals surface area contributed by atoms with E-state index in [1.807, 2.05) is 47.2 Å². The number of thiazole rings is 1. The van der Waals surface area contributed by atoms with Crippen LogP contribution in [-0.4, -0.2) is 20.2 Å². The molecule has 0 fully saturated rings. The predicted octanol–water partition coefficient (Wildman–Crippen LogP) is 5.46. The van der Waals surface area contributed by atoms with Crippen LogP contribution in [-0.2, 0) is 0 Å². The van der Waals surface area contributed by atoms with Crippen LogP contribution in [0.15, 0.2) is 56.7 Å². The molecule has 114 valence electrons. The van der Waals surface area contributed by atoms with E-state index in [1.165, 1.54) is 11.8 Å². The standard InChI is InChI=1S/C15H9ClN4S3/c16-10-5-3-9(4-6-10)11-8-22-15(17-11)23-14-18-13(19-20-14)12-2-1-7-21-12/h1-8H,(H,18,19,20). The number of halogens is 1. The van der Waals surface area contributed by atoms with E-state index in [4.69, 9.17) is 11.6 Å². The van der Waals surface area contributed by atoms with E-state index in [0.717, 1.165) is 31.3 Å². The Morgan fingerprint density at radius 1 is 1.04 bits per heavy atom. The monoisotopic (exact) mass is 376 g/mol. The molecule has 0 bridgehead atoms. The van der Waals surface area contributed by atoms with Crippen LogP contribution in [0.3, 0.4) is 0 Å². The first kappa shape index (κ1) is 14.9. The Bertz CT molecular complexity index is 913. The van der Waals surface area contributed by atoms with Crippen molar-refractivity contribution in [1.29, 1.82) is 0 Å². The van der Waals surface area contributed by atoms with Crippen molar-refractivity contribution in [3.05, 3.63) is 52.2 Å². The molecule has 0 saturated carbocycles. The number of aromatic amines is 1. The fraction of sp³-hybridized carbons (Fsp3) is 0. The van der Waals surface area contributed by atoms with E-state index in [9.17, 15) is 0 Å². The largest absolute Gasteiger partial charge is 0.257 e. The van der Waals surface area contributed by atoms with Gasteiger partial charge in [0, 0.05) is 16.0 Å². The van der Waals surface area contributed by atoms with Crippen LogP contribution < -0.4 is 0 Å². The van der Waals surface area contributed by atoms with Gasteiger partial charge in [-0.2, -0.15) is 0 Å². The Kier molecular flexibility index (Phi) is 4.17. The molecule has 0 aliphatic carbocycles. The Morgan fingerprint density at radius 2 is 1.91 bits per heavy atom. The molecule has 4 aromatic rings. The first-order chi connectivity index (χ1) is 11.3. The minimum atomic E-state index is 0.672. The second kappa shape index (κ2) is 6.45. The van der Waals surface area contributed by atoms with Crippen molar-refractivity contribution in [3.63, 3.8) is 0 Å². The third-order valence-corrected chi connectivity index (χ3v) is 5.95. The topological polar surface area (TPSA) is 54.5 Å². The highest BCUT2D eigenvalue weighted by atomic mass is 35.5. The fourth-order valence-corrected chi connectivity index (χ4v) is 4.38. The lowest BCUT2D eigenvalue weighted by Gasteiger charge is -1.95. The van der Waals surface area contributed by atoms with Gasteiger partial charge >= 0.3 is 0 Å². The van der Waals surface area contributed by atoms with E-state index >= 15 is 0 Å². The Labute approximate surface area is 149 Å². The van der Waals surface area contributed by atoms with Crippen molar-refractivity contribution in [1.82, 2.24) is 20.2 Å². The lowest BCUT2D eigenvalue weighted by Crippen LogP contribution is -1.79. The van der Waals surface area contributed by atoms with Gasteiger partial charge in [-0.3, -0.25) is 5.10 Å². The maximum absolute atomic E-state index is 5.92. The molecule has 0 radical (unpaired) electrons. The molecular formula is C15H9ClN4S3. The molecule has 4 nitrogen and oxygen atoms in total. The second-order valence-electron chi connectivity index (χ2n) is 4.55. The molecule has 0 aliphatic rings. The van der Waals surface area contributed by atoms with Gasteiger partial charge < -0.3 is 0 Å². The minimum Gasteiger partial charge on any atom is -0.257 e. The highest BCUT2D eigenvalue weighted by Crippen LogP contribution is 2.33. The smallest absolute Gasteiger partial charge is 0.215 e. The molecule has 0 amide bonds. The zero-order valence-electron chi connectivity index (χ0n) is 11.6. The lowest BCUT2D eigenvalue weighted by atomic mass is 10.2. The molecule has 0 saturated heterocycles. The van der Waals surface area contributed by atoms with E-state index in [0.29, 0.717) is 5.16 Å². The van der Waals surface area contributed by atoms with E-state index in [2.05, 4.69) is 20.2 Å². The van der Waals surface area contributed by atoms with Gasteiger partial charge in [0.05, 0.1) is 10.6 Å². The number of H-pyrrole nitrogens is 1. The third kappa shape index (κ3) is 3.32. The molecule has 8 heteroatoms. The van der Waals surface area contributed by atoms with Crippen molar-refractivity contribution in [2.45, 2.75) is 9.50 Å². The molecule has 3 heterocycles. The van der Waals surface area contributed by atoms with Crippen molar-refractivity contribution >= 4 is 46.0 Å². The highest BCUT2D eigenvalue weighted by Gasteiger charge is 2.11. The van der Waals surface area contributed by atoms with Crippen LogP contribution >= 0.6 is 46.0 Å². The summed E-state index contributed by atoms with van der Waals surface area (Å²) >= 11 is 10.6. The molecular weight excluding hydrogens is 368 g/mol. The summed E-state index contributed by atoms with van der Waals surface area (Å²) in [6, 6.07) is 11.7. The lowest BCUT2D eigenvalue weighted by molar-refractivity contribution is 0.972. The Morgan fingerprint density at radius 3 is 2.70 bits per heavy atom. The summed E-state index contributed by atoms with van der Waals surface area (Å²) in [4.78, 5) is 10.2. The van der Waals surface area contributed by atoms with Crippen LogP contribution in [0.4, 0.5) is 0 Å². The number of benzene rings is 1. The fourth-order valence-electron chi connectivity index (χ4n) is 1.95. The summed E-state index contributed by atoms with van der Waals surface area (Å²) in [5.41, 5.74) is 1.98. The number of rotatable bonds is 4. The second-order valence-corrected chi connectivity index (χ2v) is 8.01. The molecule has 0 atom stereocenters. The maximum atomic E-state index is 5.92. The molecule has 1 N–H and O–H groups in total. The molecule has 1 aromatic carbocycles. The number of hydrogen-bond acceptors (Lipinski definition) is 6. The first-order valence-electron chi connectivity index (χ1n) is 6.63. The molecule has 23 heavy (non-hydrogen) atoms. The zero-order chi connectivity index (χ0) is 15.6. The number of hydrogen-bond donors (Lipinski definition) is 1. The molecule has 0 aliphatic heterocycles. The molecule has 0 unspecified atom stereocenters. The summed E-state index contributed by atoms with van der Waals surface area (Å²) in [7, 11) is 0. The van der Waals surface area contributed by atoms with Crippen LogP contribution in [0.25, 0.3) is 22.0 Å². The van der Waals surface area contributed by atoms with Gasteiger partial charge in [-0.25, -0.2) is 9.97 Å². The molecule has 0 spiro atoms. The number of aromatic nitrogens is 4. The summed E-state index contributed by atoms with van der Waals surface area (Å²) in [5, 5.41) is 12.6. The SMILES string of the molecule is Clc1ccc(-c2csc(Sc3n[nH]c(-c4cccs4)n3)n2)cc1. The van der Waals surface area contributed by atoms with Crippen LogP contribution in [0, 0.1) is 0 Å². The Balaban J connectivity index is 1.53. The zero-order valence-corrected chi connectivity index (χ0v) is 14.8. The van der Waals surface area contributed by atoms with Gasteiger partial charge in [-0.1, -0.05) is 29.8 Å². The quantitative estimate of drug-likeness (QED) is 0.513. The van der Waals surface area contributed by atoms with Crippen molar-refractivity contribution in [2.24, 2.45) is 0 Å². The van der Waals surface area contributed by atoms with Gasteiger partial charge in [0.1, 0.15) is 0 Å². The summed E-state index contributed by atoms with van der Waals surface area (Å²) in [6.45, 7) is 0. The third-order valence-electron chi connectivity index (χ3n) is 3.02. The highest BCUT2D eigenvalue weighted by molar-refractivity contribution is 8.00. The summed E-state index contributed by atoms with van der Waals surface area (Å²) < 4.78 is 0.909. The number of nitrogens with one attached hydrogen (secondary N) is 1. The maximum Gasteiger partial charge on any atom is 0.215 e. The van der Waals surface area contributed by atoms with Gasteiger partial charge in [0.15, 0.2) is 10.2 Å². The van der Waals surface area contributed by atoms with Gasteiger partial charge in [-0.05, 0) is 35.3 Å². The summed E-state index contributed by atoms with van der Waals surface area (Å²) in [5.74, 6) is 0.789. The van der Waals surface area contributed by atoms with E-state index < -0.39 is 0 Å². The average Bonchev–Trinajstić information content (AvgIpc) is 3.29. The molecule has 4 rings (SSSR count). The van der Waals surface area contributed by atoms with Crippen molar-refractivity contribution in [3.8, 4) is 22.0 Å². The van der Waals surface area contributed by atoms with Gasteiger partial charge in [0.2, 0.25) is 5.16 Å². The predicted molar refractivity (Wildman–Crippen MR) is 96.4 cm³/mol. The summed E-state index contributed by atoms with van der Waals surface area (Å²) in [6.07, 6.45) is 0. The van der Waals surface area contributed by atoms with Crippen LogP contribution in [0.2, 0.25) is 5.02 Å². The number of nitrogens with zero attached hydrogens (tertiary/aromatic N) is 3. The van der Waals surface area contributed by atoms with E-state index in [1.54, 1.807) is 22.7 Å². The Hall–Kier alpha value is -1.67.